The second-order valence-electron chi connectivity index (χ2n) is 4.97. The number of hydrogen-bond acceptors (Lipinski definition) is 3. The van der Waals surface area contributed by atoms with Crippen LogP contribution in [-0.4, -0.2) is 38.3 Å². The fourth-order valence-corrected chi connectivity index (χ4v) is 2.48. The van der Waals surface area contributed by atoms with E-state index in [2.05, 4.69) is 16.9 Å². The largest absolute Gasteiger partial charge is 0.337 e. The molecule has 5 heteroatoms. The SMILES string of the molecule is CC1CCCN(C(=O)c2cn3ccncc3n2)C1. The van der Waals surface area contributed by atoms with Gasteiger partial charge in [0, 0.05) is 31.7 Å². The van der Waals surface area contributed by atoms with Gasteiger partial charge in [0.15, 0.2) is 5.65 Å². The summed E-state index contributed by atoms with van der Waals surface area (Å²) < 4.78 is 1.83. The summed E-state index contributed by atoms with van der Waals surface area (Å²) in [5.74, 6) is 0.617. The first-order chi connectivity index (χ1) is 8.74. The van der Waals surface area contributed by atoms with Crippen molar-refractivity contribution in [2.24, 2.45) is 5.92 Å². The van der Waals surface area contributed by atoms with Crippen molar-refractivity contribution in [2.45, 2.75) is 19.8 Å². The third kappa shape index (κ3) is 1.96. The average molecular weight is 244 g/mol. The summed E-state index contributed by atoms with van der Waals surface area (Å²) in [6.07, 6.45) is 9.22. The van der Waals surface area contributed by atoms with Crippen LogP contribution in [0.5, 0.6) is 0 Å². The molecule has 0 bridgehead atoms. The zero-order chi connectivity index (χ0) is 12.5. The predicted octanol–water partition coefficient (Wildman–Crippen LogP) is 1.60. The summed E-state index contributed by atoms with van der Waals surface area (Å²) in [4.78, 5) is 22.6. The summed E-state index contributed by atoms with van der Waals surface area (Å²) in [6, 6.07) is 0. The second kappa shape index (κ2) is 4.40. The molecule has 2 aromatic rings. The maximum atomic E-state index is 12.3. The van der Waals surface area contributed by atoms with Crippen LogP contribution in [0, 0.1) is 5.92 Å². The predicted molar refractivity (Wildman–Crippen MR) is 67.3 cm³/mol. The van der Waals surface area contributed by atoms with Crippen LogP contribution in [0.2, 0.25) is 0 Å². The fraction of sp³-hybridized carbons (Fsp3) is 0.462. The Morgan fingerprint density at radius 1 is 1.50 bits per heavy atom. The zero-order valence-electron chi connectivity index (χ0n) is 10.4. The van der Waals surface area contributed by atoms with Crippen LogP contribution in [-0.2, 0) is 0 Å². The highest BCUT2D eigenvalue weighted by molar-refractivity contribution is 5.93. The van der Waals surface area contributed by atoms with Gasteiger partial charge in [-0.25, -0.2) is 4.98 Å². The van der Waals surface area contributed by atoms with E-state index in [1.165, 1.54) is 6.42 Å². The quantitative estimate of drug-likeness (QED) is 0.765. The third-order valence-corrected chi connectivity index (χ3v) is 3.43. The van der Waals surface area contributed by atoms with Crippen molar-refractivity contribution in [3.8, 4) is 0 Å². The van der Waals surface area contributed by atoms with E-state index >= 15 is 0 Å². The van der Waals surface area contributed by atoms with E-state index in [0.717, 1.165) is 19.5 Å². The topological polar surface area (TPSA) is 50.5 Å². The van der Waals surface area contributed by atoms with Crippen LogP contribution < -0.4 is 0 Å². The molecule has 2 aromatic heterocycles. The number of nitrogens with zero attached hydrogens (tertiary/aromatic N) is 4. The Balaban J connectivity index is 1.87. The Morgan fingerprint density at radius 3 is 3.17 bits per heavy atom. The summed E-state index contributed by atoms with van der Waals surface area (Å²) >= 11 is 0. The Morgan fingerprint density at radius 2 is 2.39 bits per heavy atom. The highest BCUT2D eigenvalue weighted by atomic mass is 16.2. The molecular weight excluding hydrogens is 228 g/mol. The van der Waals surface area contributed by atoms with Gasteiger partial charge in [0.2, 0.25) is 0 Å². The average Bonchev–Trinajstić information content (AvgIpc) is 2.81. The summed E-state index contributed by atoms with van der Waals surface area (Å²) in [5.41, 5.74) is 1.23. The first kappa shape index (κ1) is 11.2. The number of aromatic nitrogens is 3. The normalized spacial score (nSPS) is 20.3. The van der Waals surface area contributed by atoms with Gasteiger partial charge in [-0.2, -0.15) is 0 Å². The zero-order valence-corrected chi connectivity index (χ0v) is 10.4. The molecule has 3 heterocycles. The van der Waals surface area contributed by atoms with E-state index < -0.39 is 0 Å². The van der Waals surface area contributed by atoms with E-state index in [1.54, 1.807) is 24.8 Å². The van der Waals surface area contributed by atoms with Crippen molar-refractivity contribution in [3.05, 3.63) is 30.5 Å². The number of hydrogen-bond donors (Lipinski definition) is 0. The maximum absolute atomic E-state index is 12.3. The van der Waals surface area contributed by atoms with Gasteiger partial charge in [-0.3, -0.25) is 9.78 Å². The molecule has 0 aromatic carbocycles. The molecule has 0 spiro atoms. The van der Waals surface area contributed by atoms with Crippen molar-refractivity contribution in [1.82, 2.24) is 19.3 Å². The van der Waals surface area contributed by atoms with E-state index in [1.807, 2.05) is 9.30 Å². The molecule has 1 aliphatic heterocycles. The number of imidazole rings is 1. The smallest absolute Gasteiger partial charge is 0.274 e. The summed E-state index contributed by atoms with van der Waals surface area (Å²) in [6.45, 7) is 3.87. The Labute approximate surface area is 105 Å². The number of rotatable bonds is 1. The number of carbonyl (C=O) groups excluding carboxylic acids is 1. The molecule has 0 saturated carbocycles. The first-order valence-corrected chi connectivity index (χ1v) is 6.32. The van der Waals surface area contributed by atoms with Crippen LogP contribution in [0.4, 0.5) is 0 Å². The van der Waals surface area contributed by atoms with Gasteiger partial charge in [-0.15, -0.1) is 0 Å². The molecule has 94 valence electrons. The minimum atomic E-state index is 0.0326. The standard InChI is InChI=1S/C13H16N4O/c1-10-3-2-5-17(8-10)13(18)11-9-16-6-4-14-7-12(16)15-11/h4,6-7,9-10H,2-3,5,8H2,1H3. The molecule has 1 fully saturated rings. The monoisotopic (exact) mass is 244 g/mol. The van der Waals surface area contributed by atoms with E-state index in [4.69, 9.17) is 0 Å². The van der Waals surface area contributed by atoms with Crippen LogP contribution in [0.25, 0.3) is 5.65 Å². The van der Waals surface area contributed by atoms with Gasteiger partial charge in [0.1, 0.15) is 5.69 Å². The van der Waals surface area contributed by atoms with Gasteiger partial charge < -0.3 is 9.30 Å². The fourth-order valence-electron chi connectivity index (χ4n) is 2.48. The molecular formula is C13H16N4O. The molecule has 0 radical (unpaired) electrons. The van der Waals surface area contributed by atoms with Gasteiger partial charge in [-0.1, -0.05) is 6.92 Å². The molecule has 18 heavy (non-hydrogen) atoms. The van der Waals surface area contributed by atoms with Gasteiger partial charge in [0.05, 0.1) is 6.20 Å². The molecule has 1 saturated heterocycles. The molecule has 0 aliphatic carbocycles. The minimum Gasteiger partial charge on any atom is -0.337 e. The minimum absolute atomic E-state index is 0.0326. The highest BCUT2D eigenvalue weighted by Gasteiger charge is 2.23. The van der Waals surface area contributed by atoms with Crippen molar-refractivity contribution in [2.75, 3.05) is 13.1 Å². The van der Waals surface area contributed by atoms with Gasteiger partial charge in [0.25, 0.3) is 5.91 Å². The summed E-state index contributed by atoms with van der Waals surface area (Å²) in [7, 11) is 0. The lowest BCUT2D eigenvalue weighted by molar-refractivity contribution is 0.0678. The number of fused-ring (bicyclic) bond motifs is 1. The van der Waals surface area contributed by atoms with Crippen LogP contribution >= 0.6 is 0 Å². The van der Waals surface area contributed by atoms with E-state index in [-0.39, 0.29) is 5.91 Å². The number of carbonyl (C=O) groups is 1. The van der Waals surface area contributed by atoms with Crippen molar-refractivity contribution >= 4 is 11.6 Å². The molecule has 1 amide bonds. The van der Waals surface area contributed by atoms with Crippen molar-refractivity contribution < 1.29 is 4.79 Å². The molecule has 3 rings (SSSR count). The second-order valence-corrected chi connectivity index (χ2v) is 4.97. The van der Waals surface area contributed by atoms with Crippen LogP contribution in [0.3, 0.4) is 0 Å². The molecule has 1 unspecified atom stereocenters. The highest BCUT2D eigenvalue weighted by Crippen LogP contribution is 2.17. The molecule has 1 aliphatic rings. The van der Waals surface area contributed by atoms with Gasteiger partial charge >= 0.3 is 0 Å². The molecule has 1 atom stereocenters. The molecule has 0 N–H and O–H groups in total. The van der Waals surface area contributed by atoms with E-state index in [9.17, 15) is 4.79 Å². The Kier molecular flexibility index (Phi) is 2.74. The Hall–Kier alpha value is -1.91. The van der Waals surface area contributed by atoms with E-state index in [0.29, 0.717) is 17.3 Å². The number of piperidine rings is 1. The summed E-state index contributed by atoms with van der Waals surface area (Å²) in [5, 5.41) is 0. The lowest BCUT2D eigenvalue weighted by atomic mass is 10.0. The first-order valence-electron chi connectivity index (χ1n) is 6.32. The lowest BCUT2D eigenvalue weighted by Gasteiger charge is -2.30. The van der Waals surface area contributed by atoms with Crippen LogP contribution in [0.1, 0.15) is 30.3 Å². The molecule has 5 nitrogen and oxygen atoms in total. The van der Waals surface area contributed by atoms with Gasteiger partial charge in [-0.05, 0) is 18.8 Å². The van der Waals surface area contributed by atoms with Crippen molar-refractivity contribution in [3.63, 3.8) is 0 Å². The Bertz CT molecular complexity index is 544. The maximum Gasteiger partial charge on any atom is 0.274 e. The van der Waals surface area contributed by atoms with Crippen LogP contribution in [0.15, 0.2) is 24.8 Å². The van der Waals surface area contributed by atoms with Crippen molar-refractivity contribution in [1.29, 1.82) is 0 Å². The number of amides is 1. The lowest BCUT2D eigenvalue weighted by Crippen LogP contribution is -2.39. The number of likely N-dealkylation sites (tertiary alicyclic amines) is 1. The third-order valence-electron chi connectivity index (χ3n) is 3.43.